The lowest BCUT2D eigenvalue weighted by atomic mass is 10.2. The van der Waals surface area contributed by atoms with Gasteiger partial charge in [0, 0.05) is 0 Å². The monoisotopic (exact) mass is 193 g/mol. The summed E-state index contributed by atoms with van der Waals surface area (Å²) in [5, 5.41) is 3.07. The Balaban J connectivity index is 0.000000255. The van der Waals surface area contributed by atoms with Crippen LogP contribution in [0.5, 0.6) is 0 Å². The maximum absolute atomic E-state index is 3.07. The predicted molar refractivity (Wildman–Crippen MR) is 64.7 cm³/mol. The summed E-state index contributed by atoms with van der Waals surface area (Å²) in [5.74, 6) is 0. The van der Waals surface area contributed by atoms with Crippen molar-refractivity contribution >= 4 is 0 Å². The molecule has 1 aromatic rings. The van der Waals surface area contributed by atoms with Crippen molar-refractivity contribution in [3.05, 3.63) is 35.9 Å². The third kappa shape index (κ3) is 7.81. The molecule has 0 fully saturated rings. The van der Waals surface area contributed by atoms with Gasteiger partial charge in [0.25, 0.3) is 0 Å². The molecule has 0 heterocycles. The third-order valence-corrected chi connectivity index (χ3v) is 2.03. The minimum absolute atomic E-state index is 1.14. The molecular weight excluding hydrogens is 170 g/mol. The molecule has 14 heavy (non-hydrogen) atoms. The second-order valence-electron chi connectivity index (χ2n) is 3.30. The number of rotatable bonds is 4. The van der Waals surface area contributed by atoms with Gasteiger partial charge in [0.2, 0.25) is 0 Å². The zero-order valence-electron chi connectivity index (χ0n) is 9.72. The van der Waals surface area contributed by atoms with Gasteiger partial charge in [-0.05, 0) is 32.0 Å². The van der Waals surface area contributed by atoms with Crippen LogP contribution in [-0.4, -0.2) is 13.6 Å². The van der Waals surface area contributed by atoms with E-state index in [1.54, 1.807) is 0 Å². The van der Waals surface area contributed by atoms with Gasteiger partial charge in [-0.2, -0.15) is 0 Å². The van der Waals surface area contributed by atoms with Crippen LogP contribution < -0.4 is 5.32 Å². The van der Waals surface area contributed by atoms with Crippen molar-refractivity contribution in [2.45, 2.75) is 33.1 Å². The number of nitrogens with one attached hydrogen (secondary N) is 1. The Hall–Kier alpha value is -0.820. The van der Waals surface area contributed by atoms with E-state index in [9.17, 15) is 0 Å². The van der Waals surface area contributed by atoms with Crippen LogP contribution >= 0.6 is 0 Å². The molecule has 0 amide bonds. The average molecular weight is 193 g/mol. The molecule has 0 aliphatic rings. The summed E-state index contributed by atoms with van der Waals surface area (Å²) >= 11 is 0. The molecule has 0 aromatic heterocycles. The van der Waals surface area contributed by atoms with Crippen LogP contribution in [0.15, 0.2) is 30.3 Å². The van der Waals surface area contributed by atoms with Crippen LogP contribution in [0.2, 0.25) is 0 Å². The molecule has 1 N–H and O–H groups in total. The first-order valence-corrected chi connectivity index (χ1v) is 5.53. The van der Waals surface area contributed by atoms with Crippen molar-refractivity contribution in [2.24, 2.45) is 0 Å². The van der Waals surface area contributed by atoms with Gasteiger partial charge in [-0.1, -0.05) is 50.6 Å². The smallest absolute Gasteiger partial charge is 0.00520 e. The van der Waals surface area contributed by atoms with Crippen molar-refractivity contribution in [3.63, 3.8) is 0 Å². The van der Waals surface area contributed by atoms with E-state index in [2.05, 4.69) is 43.4 Å². The molecule has 0 radical (unpaired) electrons. The third-order valence-electron chi connectivity index (χ3n) is 2.03. The quantitative estimate of drug-likeness (QED) is 0.724. The Morgan fingerprint density at radius 3 is 2.00 bits per heavy atom. The fraction of sp³-hybridized carbons (Fsp3) is 0.538. The summed E-state index contributed by atoms with van der Waals surface area (Å²) in [6.07, 6.45) is 3.73. The predicted octanol–water partition coefficient (Wildman–Crippen LogP) is 3.25. The van der Waals surface area contributed by atoms with Crippen molar-refractivity contribution in [1.82, 2.24) is 5.32 Å². The van der Waals surface area contributed by atoms with Crippen molar-refractivity contribution in [2.75, 3.05) is 13.6 Å². The molecule has 0 aliphatic heterocycles. The molecule has 0 saturated carbocycles. The van der Waals surface area contributed by atoms with Crippen LogP contribution in [0.1, 0.15) is 32.3 Å². The Bertz CT molecular complexity index is 190. The van der Waals surface area contributed by atoms with E-state index in [0.29, 0.717) is 0 Å². The van der Waals surface area contributed by atoms with Crippen LogP contribution in [0.3, 0.4) is 0 Å². The summed E-state index contributed by atoms with van der Waals surface area (Å²) in [6.45, 7) is 5.52. The number of hydrogen-bond donors (Lipinski definition) is 1. The van der Waals surface area contributed by atoms with Gasteiger partial charge >= 0.3 is 0 Å². The van der Waals surface area contributed by atoms with Crippen molar-refractivity contribution in [3.8, 4) is 0 Å². The first-order valence-electron chi connectivity index (χ1n) is 5.53. The summed E-state index contributed by atoms with van der Waals surface area (Å²) < 4.78 is 0. The zero-order valence-corrected chi connectivity index (χ0v) is 9.72. The van der Waals surface area contributed by atoms with E-state index in [-0.39, 0.29) is 0 Å². The Kier molecular flexibility index (Phi) is 9.66. The fourth-order valence-electron chi connectivity index (χ4n) is 1.07. The van der Waals surface area contributed by atoms with Gasteiger partial charge in [0.15, 0.2) is 0 Å². The molecule has 0 spiro atoms. The molecule has 0 unspecified atom stereocenters. The molecule has 1 nitrogen and oxygen atoms in total. The maximum atomic E-state index is 3.07. The number of benzene rings is 1. The second kappa shape index (κ2) is 10.3. The lowest BCUT2D eigenvalue weighted by Crippen LogP contribution is -2.06. The normalized spacial score (nSPS) is 9.07. The highest BCUT2D eigenvalue weighted by Gasteiger charge is 1.79. The average Bonchev–Trinajstić information content (AvgIpc) is 2.28. The second-order valence-corrected chi connectivity index (χ2v) is 3.30. The molecular formula is C13H23N. The first kappa shape index (κ1) is 13.2. The first-order chi connectivity index (χ1) is 6.85. The molecule has 0 saturated heterocycles. The topological polar surface area (TPSA) is 12.0 Å². The molecule has 0 bridgehead atoms. The van der Waals surface area contributed by atoms with Gasteiger partial charge in [0.1, 0.15) is 0 Å². The summed E-state index contributed by atoms with van der Waals surface area (Å²) in [5.41, 5.74) is 1.41. The van der Waals surface area contributed by atoms with Gasteiger partial charge in [0.05, 0.1) is 0 Å². The largest absolute Gasteiger partial charge is 0.320 e. The molecule has 1 heteroatoms. The molecule has 0 atom stereocenters. The van der Waals surface area contributed by atoms with E-state index in [1.165, 1.54) is 18.4 Å². The number of unbranched alkanes of at least 4 members (excludes halogenated alkanes) is 1. The van der Waals surface area contributed by atoms with Gasteiger partial charge in [-0.3, -0.25) is 0 Å². The standard InChI is InChI=1S/C8H10.C5H13N/c1-2-8-6-4-3-5-7-8;1-3-4-5-6-2/h3-7H,2H2,1H3;6H,3-5H2,1-2H3. The number of hydrogen-bond acceptors (Lipinski definition) is 1. The minimum Gasteiger partial charge on any atom is -0.320 e. The summed E-state index contributed by atoms with van der Waals surface area (Å²) in [6, 6.07) is 10.5. The van der Waals surface area contributed by atoms with E-state index < -0.39 is 0 Å². The maximum Gasteiger partial charge on any atom is -0.00520 e. The van der Waals surface area contributed by atoms with Crippen LogP contribution in [0.25, 0.3) is 0 Å². The van der Waals surface area contributed by atoms with E-state index in [4.69, 9.17) is 0 Å². The summed E-state index contributed by atoms with van der Waals surface area (Å²) in [4.78, 5) is 0. The fourth-order valence-corrected chi connectivity index (χ4v) is 1.07. The SMILES string of the molecule is CCCCNC.CCc1ccccc1. The van der Waals surface area contributed by atoms with Gasteiger partial charge < -0.3 is 5.32 Å². The highest BCUT2D eigenvalue weighted by atomic mass is 14.8. The van der Waals surface area contributed by atoms with Gasteiger partial charge in [-0.25, -0.2) is 0 Å². The summed E-state index contributed by atoms with van der Waals surface area (Å²) in [7, 11) is 1.98. The lowest BCUT2D eigenvalue weighted by molar-refractivity contribution is 0.711. The van der Waals surface area contributed by atoms with Crippen LogP contribution in [0.4, 0.5) is 0 Å². The highest BCUT2D eigenvalue weighted by molar-refractivity contribution is 5.13. The molecule has 1 aromatic carbocycles. The van der Waals surface area contributed by atoms with Crippen molar-refractivity contribution in [1.29, 1.82) is 0 Å². The van der Waals surface area contributed by atoms with Crippen LogP contribution in [-0.2, 0) is 6.42 Å². The Morgan fingerprint density at radius 2 is 1.71 bits per heavy atom. The lowest BCUT2D eigenvalue weighted by Gasteiger charge is -1.89. The Morgan fingerprint density at radius 1 is 1.07 bits per heavy atom. The van der Waals surface area contributed by atoms with Gasteiger partial charge in [-0.15, -0.1) is 0 Å². The highest BCUT2D eigenvalue weighted by Crippen LogP contribution is 1.96. The Labute approximate surface area is 88.5 Å². The van der Waals surface area contributed by atoms with Crippen LogP contribution in [0, 0.1) is 0 Å². The van der Waals surface area contributed by atoms with E-state index in [0.717, 1.165) is 13.0 Å². The molecule has 80 valence electrons. The minimum atomic E-state index is 1.14. The van der Waals surface area contributed by atoms with E-state index >= 15 is 0 Å². The molecule has 0 aliphatic carbocycles. The van der Waals surface area contributed by atoms with E-state index in [1.807, 2.05) is 13.1 Å². The molecule has 1 rings (SSSR count). The van der Waals surface area contributed by atoms with Crippen molar-refractivity contribution < 1.29 is 0 Å². The number of aryl methyl sites for hydroxylation is 1. The zero-order chi connectivity index (χ0) is 10.6.